The highest BCUT2D eigenvalue weighted by Crippen LogP contribution is 2.40. The van der Waals surface area contributed by atoms with Gasteiger partial charge in [-0.1, -0.05) is 53.5 Å². The van der Waals surface area contributed by atoms with Gasteiger partial charge in [0.05, 0.1) is 27.5 Å². The first-order valence-electron chi connectivity index (χ1n) is 15.9. The van der Waals surface area contributed by atoms with Crippen LogP contribution in [0.2, 0.25) is 10.0 Å². The number of likely N-dealkylation sites (tertiary alicyclic amines) is 1. The van der Waals surface area contributed by atoms with E-state index in [0.29, 0.717) is 34.5 Å². The maximum Gasteiger partial charge on any atom is 0.159 e. The molecule has 3 N–H and O–H groups in total. The van der Waals surface area contributed by atoms with Crippen molar-refractivity contribution in [3.05, 3.63) is 112 Å². The second-order valence-corrected chi connectivity index (χ2v) is 12.8. The minimum absolute atomic E-state index is 0.187. The maximum atomic E-state index is 9.89. The van der Waals surface area contributed by atoms with Crippen molar-refractivity contribution in [3.63, 3.8) is 0 Å². The van der Waals surface area contributed by atoms with E-state index in [4.69, 9.17) is 33.3 Å². The van der Waals surface area contributed by atoms with Crippen molar-refractivity contribution in [3.8, 4) is 11.1 Å². The SMILES string of the molecule is OCCCCc1cnc2c(Cc3cccc(-c4cccc(Nc5nccc6cc(CN7CC[C@@H](O)C7)cnc56)c4Cl)c3Cl)nccn12. The molecule has 0 spiro atoms. The van der Waals surface area contributed by atoms with Gasteiger partial charge in [0, 0.05) is 85.9 Å². The largest absolute Gasteiger partial charge is 0.396 e. The van der Waals surface area contributed by atoms with Crippen molar-refractivity contribution in [1.82, 2.24) is 29.2 Å². The number of pyridine rings is 2. The van der Waals surface area contributed by atoms with E-state index in [1.165, 1.54) is 0 Å². The van der Waals surface area contributed by atoms with E-state index < -0.39 is 0 Å². The molecule has 1 aliphatic heterocycles. The third-order valence-electron chi connectivity index (χ3n) is 8.71. The molecule has 0 radical (unpaired) electrons. The fourth-order valence-corrected chi connectivity index (χ4v) is 6.89. The fraction of sp³-hybridized carbons (Fsp3) is 0.278. The molecule has 0 unspecified atom stereocenters. The smallest absolute Gasteiger partial charge is 0.159 e. The number of aliphatic hydroxyl groups excluding tert-OH is 2. The first-order valence-corrected chi connectivity index (χ1v) is 16.6. The number of nitrogens with one attached hydrogen (secondary N) is 1. The number of aryl methyl sites for hydroxylation is 1. The quantitative estimate of drug-likeness (QED) is 0.129. The van der Waals surface area contributed by atoms with Crippen LogP contribution in [0.5, 0.6) is 0 Å². The predicted octanol–water partition coefficient (Wildman–Crippen LogP) is 6.86. The average molecular weight is 669 g/mol. The molecule has 240 valence electrons. The summed E-state index contributed by atoms with van der Waals surface area (Å²) in [6.45, 7) is 2.51. The van der Waals surface area contributed by atoms with Crippen LogP contribution in [0, 0.1) is 0 Å². The molecular weight excluding hydrogens is 633 g/mol. The Morgan fingerprint density at radius 3 is 2.60 bits per heavy atom. The van der Waals surface area contributed by atoms with E-state index in [1.54, 1.807) is 12.4 Å². The molecule has 1 atom stereocenters. The highest BCUT2D eigenvalue weighted by Gasteiger charge is 2.21. The number of fused-ring (bicyclic) bond motifs is 2. The van der Waals surface area contributed by atoms with Crippen molar-refractivity contribution < 1.29 is 10.2 Å². The monoisotopic (exact) mass is 667 g/mol. The zero-order valence-electron chi connectivity index (χ0n) is 25.8. The third kappa shape index (κ3) is 6.68. The van der Waals surface area contributed by atoms with Gasteiger partial charge in [0.15, 0.2) is 11.5 Å². The normalized spacial score (nSPS) is 15.2. The number of halogens is 2. The Kier molecular flexibility index (Phi) is 9.33. The Hall–Kier alpha value is -4.12. The number of aliphatic hydroxyl groups is 2. The summed E-state index contributed by atoms with van der Waals surface area (Å²) in [7, 11) is 0. The second kappa shape index (κ2) is 13.9. The Labute approximate surface area is 282 Å². The lowest BCUT2D eigenvalue weighted by molar-refractivity contribution is 0.175. The maximum absolute atomic E-state index is 9.89. The van der Waals surface area contributed by atoms with Crippen LogP contribution < -0.4 is 5.32 Å². The molecule has 0 bridgehead atoms. The molecule has 1 saturated heterocycles. The lowest BCUT2D eigenvalue weighted by atomic mass is 10.00. The summed E-state index contributed by atoms with van der Waals surface area (Å²) in [5.74, 6) is 0.610. The molecule has 4 aromatic heterocycles. The lowest BCUT2D eigenvalue weighted by Crippen LogP contribution is -2.21. The molecule has 1 aliphatic rings. The highest BCUT2D eigenvalue weighted by atomic mass is 35.5. The molecule has 1 fully saturated rings. The van der Waals surface area contributed by atoms with Crippen LogP contribution in [0.1, 0.15) is 41.8 Å². The molecule has 7 rings (SSSR count). The summed E-state index contributed by atoms with van der Waals surface area (Å²) >= 11 is 14.1. The van der Waals surface area contributed by atoms with Gasteiger partial charge in [0.25, 0.3) is 0 Å². The molecule has 0 amide bonds. The Balaban J connectivity index is 1.14. The van der Waals surface area contributed by atoms with Crippen molar-refractivity contribution in [2.75, 3.05) is 25.0 Å². The first-order chi connectivity index (χ1) is 23.0. The predicted molar refractivity (Wildman–Crippen MR) is 186 cm³/mol. The molecule has 0 saturated carbocycles. The lowest BCUT2D eigenvalue weighted by Gasteiger charge is -2.16. The van der Waals surface area contributed by atoms with Crippen LogP contribution in [-0.4, -0.2) is 65.2 Å². The average Bonchev–Trinajstić information content (AvgIpc) is 3.69. The number of unbranched alkanes of at least 4 members (excludes halogenated alkanes) is 1. The molecule has 9 nitrogen and oxygen atoms in total. The third-order valence-corrected chi connectivity index (χ3v) is 9.56. The summed E-state index contributed by atoms with van der Waals surface area (Å²) in [6.07, 6.45) is 12.8. The zero-order valence-corrected chi connectivity index (χ0v) is 27.3. The molecular formula is C36H35Cl2N7O2. The highest BCUT2D eigenvalue weighted by molar-refractivity contribution is 6.38. The number of β-amino-alcohol motifs (C(OH)–C–C–N with tert-alkyl or cyclic N) is 1. The molecule has 6 aromatic rings. The Bertz CT molecular complexity index is 2050. The van der Waals surface area contributed by atoms with Crippen LogP contribution in [0.25, 0.3) is 27.7 Å². The number of aromatic nitrogens is 5. The van der Waals surface area contributed by atoms with E-state index in [1.807, 2.05) is 61.1 Å². The Morgan fingerprint density at radius 1 is 0.915 bits per heavy atom. The number of rotatable bonds is 11. The van der Waals surface area contributed by atoms with Crippen molar-refractivity contribution in [2.24, 2.45) is 0 Å². The standard InChI is InChI=1S/C36H35Cl2N7O2/c37-32-24(18-31-36-42-20-26(6-1-2-16-46)45(36)15-13-39-31)5-3-7-28(32)29-8-4-9-30(33(29)38)43-35-34-25(10-12-40-35)17-23(19-41-34)21-44-14-11-27(47)22-44/h3-5,7-10,12-13,15,17,19-20,27,46-47H,1-2,6,11,14,16,18,21-22H2,(H,40,43)/t27-/m1/s1. The summed E-state index contributed by atoms with van der Waals surface area (Å²) in [4.78, 5) is 20.9. The summed E-state index contributed by atoms with van der Waals surface area (Å²) in [5.41, 5.74) is 7.79. The second-order valence-electron chi connectivity index (χ2n) is 12.0. The number of anilines is 2. The van der Waals surface area contributed by atoms with Crippen LogP contribution >= 0.6 is 23.2 Å². The van der Waals surface area contributed by atoms with Gasteiger partial charge in [-0.3, -0.25) is 14.9 Å². The van der Waals surface area contributed by atoms with E-state index in [0.717, 1.165) is 89.0 Å². The van der Waals surface area contributed by atoms with Gasteiger partial charge in [0.2, 0.25) is 0 Å². The van der Waals surface area contributed by atoms with E-state index >= 15 is 0 Å². The summed E-state index contributed by atoms with van der Waals surface area (Å²) < 4.78 is 2.07. The molecule has 0 aliphatic carbocycles. The van der Waals surface area contributed by atoms with Crippen molar-refractivity contribution in [1.29, 1.82) is 0 Å². The Morgan fingerprint density at radius 2 is 1.77 bits per heavy atom. The fourth-order valence-electron chi connectivity index (χ4n) is 6.32. The molecule has 2 aromatic carbocycles. The number of hydrogen-bond acceptors (Lipinski definition) is 8. The van der Waals surface area contributed by atoms with Crippen molar-refractivity contribution in [2.45, 2.75) is 44.8 Å². The minimum atomic E-state index is -0.252. The zero-order chi connectivity index (χ0) is 32.3. The van der Waals surface area contributed by atoms with E-state index in [-0.39, 0.29) is 12.7 Å². The van der Waals surface area contributed by atoms with Gasteiger partial charge in [-0.15, -0.1) is 0 Å². The number of nitrogens with zero attached hydrogens (tertiary/aromatic N) is 6. The van der Waals surface area contributed by atoms with Gasteiger partial charge in [-0.25, -0.2) is 9.97 Å². The van der Waals surface area contributed by atoms with Crippen molar-refractivity contribution >= 4 is 51.3 Å². The summed E-state index contributed by atoms with van der Waals surface area (Å²) in [5, 5.41) is 24.6. The van der Waals surface area contributed by atoms with E-state index in [9.17, 15) is 5.11 Å². The first kappa shape index (κ1) is 31.5. The van der Waals surface area contributed by atoms with Crippen LogP contribution in [0.4, 0.5) is 11.5 Å². The van der Waals surface area contributed by atoms with Gasteiger partial charge >= 0.3 is 0 Å². The topological polar surface area (TPSA) is 112 Å². The number of hydrogen-bond donors (Lipinski definition) is 3. The van der Waals surface area contributed by atoms with Gasteiger partial charge < -0.3 is 19.9 Å². The molecule has 47 heavy (non-hydrogen) atoms. The van der Waals surface area contributed by atoms with Crippen LogP contribution in [0.15, 0.2) is 79.5 Å². The van der Waals surface area contributed by atoms with Gasteiger partial charge in [0.1, 0.15) is 5.52 Å². The van der Waals surface area contributed by atoms with Crippen LogP contribution in [0.3, 0.4) is 0 Å². The van der Waals surface area contributed by atoms with E-state index in [2.05, 4.69) is 35.6 Å². The number of benzene rings is 2. The van der Waals surface area contributed by atoms with Gasteiger partial charge in [-0.05, 0) is 55.0 Å². The molecule has 11 heteroatoms. The minimum Gasteiger partial charge on any atom is -0.396 e. The van der Waals surface area contributed by atoms with Gasteiger partial charge in [-0.2, -0.15) is 0 Å². The number of imidazole rings is 1. The molecule has 5 heterocycles. The van der Waals surface area contributed by atoms with Crippen LogP contribution in [-0.2, 0) is 19.4 Å². The summed E-state index contributed by atoms with van der Waals surface area (Å²) in [6, 6.07) is 15.9.